The van der Waals surface area contributed by atoms with Crippen molar-refractivity contribution in [3.05, 3.63) is 22.2 Å². The molecule has 0 amide bonds. The van der Waals surface area contributed by atoms with Crippen molar-refractivity contribution in [2.45, 2.75) is 31.4 Å². The molecule has 18 heavy (non-hydrogen) atoms. The highest BCUT2D eigenvalue weighted by atomic mass is 79.9. The van der Waals surface area contributed by atoms with Crippen LogP contribution in [-0.4, -0.2) is 24.5 Å². The maximum Gasteiger partial charge on any atom is 0.231 e. The lowest BCUT2D eigenvalue weighted by molar-refractivity contribution is 0.113. The maximum atomic E-state index is 10.4. The van der Waals surface area contributed by atoms with Crippen LogP contribution in [0.4, 0.5) is 0 Å². The molecule has 2 aliphatic rings. The summed E-state index contributed by atoms with van der Waals surface area (Å²) in [6.07, 6.45) is 2.86. The Labute approximate surface area is 114 Å². The molecule has 4 nitrogen and oxygen atoms in total. The lowest BCUT2D eigenvalue weighted by Gasteiger charge is -2.28. The van der Waals surface area contributed by atoms with Gasteiger partial charge >= 0.3 is 0 Å². The molecule has 1 aromatic carbocycles. The first-order chi connectivity index (χ1) is 8.75. The standard InChI is InChI=1S/C13H16BrNO3/c14-9-5-8(6-11-13(9)18-7-17-11)12(16)10-3-1-2-4-15-10/h5-6,10,12,15-16H,1-4,7H2. The molecule has 0 aromatic heterocycles. The Balaban J connectivity index is 1.85. The second-order valence-corrected chi connectivity index (χ2v) is 5.59. The van der Waals surface area contributed by atoms with Crippen LogP contribution in [0.5, 0.6) is 11.5 Å². The van der Waals surface area contributed by atoms with Gasteiger partial charge in [0.05, 0.1) is 10.6 Å². The van der Waals surface area contributed by atoms with E-state index in [1.165, 1.54) is 12.8 Å². The average Bonchev–Trinajstić information content (AvgIpc) is 2.88. The number of aliphatic hydroxyl groups excluding tert-OH is 1. The van der Waals surface area contributed by atoms with Gasteiger partial charge in [-0.3, -0.25) is 0 Å². The average molecular weight is 314 g/mol. The Kier molecular flexibility index (Phi) is 3.46. The molecule has 2 aliphatic heterocycles. The summed E-state index contributed by atoms with van der Waals surface area (Å²) in [5, 5.41) is 13.8. The third-order valence-electron chi connectivity index (χ3n) is 3.52. The van der Waals surface area contributed by atoms with Gasteiger partial charge in [0, 0.05) is 6.04 Å². The van der Waals surface area contributed by atoms with Crippen molar-refractivity contribution < 1.29 is 14.6 Å². The number of fused-ring (bicyclic) bond motifs is 1. The number of hydrogen-bond donors (Lipinski definition) is 2. The zero-order valence-electron chi connectivity index (χ0n) is 9.99. The van der Waals surface area contributed by atoms with Crippen molar-refractivity contribution in [2.75, 3.05) is 13.3 Å². The van der Waals surface area contributed by atoms with E-state index in [9.17, 15) is 5.11 Å². The highest BCUT2D eigenvalue weighted by molar-refractivity contribution is 9.10. The summed E-state index contributed by atoms with van der Waals surface area (Å²) in [4.78, 5) is 0. The molecule has 1 aromatic rings. The molecule has 0 spiro atoms. The zero-order chi connectivity index (χ0) is 12.5. The van der Waals surface area contributed by atoms with Gasteiger partial charge in [-0.25, -0.2) is 0 Å². The number of halogens is 1. The molecular weight excluding hydrogens is 298 g/mol. The predicted molar refractivity (Wildman–Crippen MR) is 70.9 cm³/mol. The molecule has 2 atom stereocenters. The van der Waals surface area contributed by atoms with Gasteiger partial charge in [0.1, 0.15) is 0 Å². The molecule has 1 fully saturated rings. The quantitative estimate of drug-likeness (QED) is 0.880. The maximum absolute atomic E-state index is 10.4. The fourth-order valence-electron chi connectivity index (χ4n) is 2.54. The van der Waals surface area contributed by atoms with E-state index in [4.69, 9.17) is 9.47 Å². The molecule has 1 saturated heterocycles. The van der Waals surface area contributed by atoms with Crippen molar-refractivity contribution in [3.63, 3.8) is 0 Å². The Bertz CT molecular complexity index is 446. The SMILES string of the molecule is OC(c1cc(Br)c2c(c1)OCO2)C1CCCCN1. The van der Waals surface area contributed by atoms with Crippen LogP contribution in [0.15, 0.2) is 16.6 Å². The lowest BCUT2D eigenvalue weighted by Crippen LogP contribution is -2.38. The van der Waals surface area contributed by atoms with E-state index in [-0.39, 0.29) is 12.8 Å². The first-order valence-corrected chi connectivity index (χ1v) is 7.05. The van der Waals surface area contributed by atoms with E-state index in [2.05, 4.69) is 21.2 Å². The number of nitrogens with one attached hydrogen (secondary N) is 1. The third-order valence-corrected chi connectivity index (χ3v) is 4.11. The normalized spacial score (nSPS) is 24.0. The second kappa shape index (κ2) is 5.07. The molecule has 0 bridgehead atoms. The van der Waals surface area contributed by atoms with Crippen molar-refractivity contribution in [1.82, 2.24) is 5.32 Å². The Hall–Kier alpha value is -0.780. The summed E-state index contributed by atoms with van der Waals surface area (Å²) in [7, 11) is 0. The number of piperidine rings is 1. The molecule has 0 saturated carbocycles. The molecule has 2 N–H and O–H groups in total. The van der Waals surface area contributed by atoms with Crippen molar-refractivity contribution in [1.29, 1.82) is 0 Å². The molecule has 98 valence electrons. The lowest BCUT2D eigenvalue weighted by atomic mass is 9.95. The molecule has 0 aliphatic carbocycles. The molecular formula is C13H16BrNO3. The largest absolute Gasteiger partial charge is 0.454 e. The van der Waals surface area contributed by atoms with Crippen molar-refractivity contribution in [2.24, 2.45) is 0 Å². The monoisotopic (exact) mass is 313 g/mol. The van der Waals surface area contributed by atoms with Crippen LogP contribution in [0.25, 0.3) is 0 Å². The summed E-state index contributed by atoms with van der Waals surface area (Å²) >= 11 is 3.45. The van der Waals surface area contributed by atoms with E-state index in [1.54, 1.807) is 0 Å². The van der Waals surface area contributed by atoms with E-state index in [0.717, 1.165) is 28.8 Å². The minimum Gasteiger partial charge on any atom is -0.454 e. The summed E-state index contributed by atoms with van der Waals surface area (Å²) in [5.74, 6) is 1.43. The molecule has 2 heterocycles. The Morgan fingerprint density at radius 2 is 2.22 bits per heavy atom. The first-order valence-electron chi connectivity index (χ1n) is 6.26. The minimum absolute atomic E-state index is 0.131. The van der Waals surface area contributed by atoms with Crippen LogP contribution < -0.4 is 14.8 Å². The molecule has 0 radical (unpaired) electrons. The first kappa shape index (κ1) is 12.3. The fraction of sp³-hybridized carbons (Fsp3) is 0.538. The van der Waals surface area contributed by atoms with Crippen LogP contribution in [-0.2, 0) is 0 Å². The number of ether oxygens (including phenoxy) is 2. The topological polar surface area (TPSA) is 50.7 Å². The second-order valence-electron chi connectivity index (χ2n) is 4.74. The zero-order valence-corrected chi connectivity index (χ0v) is 11.6. The van der Waals surface area contributed by atoms with Gasteiger partial charge in [-0.05, 0) is 53.0 Å². The summed E-state index contributed by atoms with van der Waals surface area (Å²) in [6.45, 7) is 1.22. The van der Waals surface area contributed by atoms with Gasteiger partial charge in [-0.15, -0.1) is 0 Å². The number of hydrogen-bond acceptors (Lipinski definition) is 4. The smallest absolute Gasteiger partial charge is 0.231 e. The van der Waals surface area contributed by atoms with Gasteiger partial charge in [0.25, 0.3) is 0 Å². The fourth-order valence-corrected chi connectivity index (χ4v) is 3.11. The number of rotatable bonds is 2. The highest BCUT2D eigenvalue weighted by Gasteiger charge is 2.26. The van der Waals surface area contributed by atoms with E-state index < -0.39 is 6.10 Å². The predicted octanol–water partition coefficient (Wildman–Crippen LogP) is 2.35. The van der Waals surface area contributed by atoms with E-state index in [0.29, 0.717) is 5.75 Å². The van der Waals surface area contributed by atoms with Crippen molar-refractivity contribution in [3.8, 4) is 11.5 Å². The molecule has 2 unspecified atom stereocenters. The van der Waals surface area contributed by atoms with Gasteiger partial charge in [-0.2, -0.15) is 0 Å². The van der Waals surface area contributed by atoms with Gasteiger partial charge in [0.2, 0.25) is 6.79 Å². The van der Waals surface area contributed by atoms with E-state index >= 15 is 0 Å². The van der Waals surface area contributed by atoms with Crippen LogP contribution >= 0.6 is 15.9 Å². The Morgan fingerprint density at radius 1 is 1.33 bits per heavy atom. The van der Waals surface area contributed by atoms with Crippen LogP contribution in [0.3, 0.4) is 0 Å². The summed E-state index contributed by atoms with van der Waals surface area (Å²) in [6, 6.07) is 3.91. The van der Waals surface area contributed by atoms with E-state index in [1.807, 2.05) is 12.1 Å². The van der Waals surface area contributed by atoms with Crippen LogP contribution in [0.1, 0.15) is 30.9 Å². The highest BCUT2D eigenvalue weighted by Crippen LogP contribution is 2.41. The van der Waals surface area contributed by atoms with Gasteiger partial charge < -0.3 is 19.9 Å². The molecule has 3 rings (SSSR count). The number of aliphatic hydroxyl groups is 1. The van der Waals surface area contributed by atoms with Crippen LogP contribution in [0, 0.1) is 0 Å². The summed E-state index contributed by atoms with van der Waals surface area (Å²) in [5.41, 5.74) is 0.866. The van der Waals surface area contributed by atoms with Crippen LogP contribution in [0.2, 0.25) is 0 Å². The third kappa shape index (κ3) is 2.22. The van der Waals surface area contributed by atoms with Gasteiger partial charge in [0.15, 0.2) is 11.5 Å². The minimum atomic E-state index is -0.504. The number of benzene rings is 1. The Morgan fingerprint density at radius 3 is 3.00 bits per heavy atom. The summed E-state index contributed by atoms with van der Waals surface area (Å²) < 4.78 is 11.6. The van der Waals surface area contributed by atoms with Gasteiger partial charge in [-0.1, -0.05) is 6.42 Å². The van der Waals surface area contributed by atoms with Crippen molar-refractivity contribution >= 4 is 15.9 Å². The molecule has 5 heteroatoms.